The predicted octanol–water partition coefficient (Wildman–Crippen LogP) is 2.21. The van der Waals surface area contributed by atoms with Crippen LogP contribution < -0.4 is 5.90 Å². The van der Waals surface area contributed by atoms with E-state index in [1.165, 1.54) is 6.07 Å². The van der Waals surface area contributed by atoms with Crippen LogP contribution in [0.15, 0.2) is 48.5 Å². The van der Waals surface area contributed by atoms with E-state index in [9.17, 15) is 29.8 Å². The topological polar surface area (TPSA) is 165 Å². The van der Waals surface area contributed by atoms with Gasteiger partial charge in [0.05, 0.1) is 9.85 Å². The molecule has 11 heteroatoms. The van der Waals surface area contributed by atoms with Crippen molar-refractivity contribution < 1.29 is 29.0 Å². The molecule has 0 saturated heterocycles. The third kappa shape index (κ3) is 5.81. The van der Waals surface area contributed by atoms with Crippen LogP contribution in [-0.4, -0.2) is 21.8 Å². The van der Waals surface area contributed by atoms with E-state index in [-0.39, 0.29) is 19.4 Å². The molecule has 0 spiro atoms. The van der Waals surface area contributed by atoms with Crippen LogP contribution in [-0.2, 0) is 32.2 Å². The summed E-state index contributed by atoms with van der Waals surface area (Å²) in [6.45, 7) is -0.0585. The zero-order valence-corrected chi connectivity index (χ0v) is 15.1. The zero-order valence-electron chi connectivity index (χ0n) is 15.1. The van der Waals surface area contributed by atoms with Crippen molar-refractivity contribution in [1.29, 1.82) is 0 Å². The Bertz CT molecular complexity index is 917. The fraction of sp³-hybridized carbons (Fsp3) is 0.222. The van der Waals surface area contributed by atoms with E-state index in [2.05, 4.69) is 4.84 Å². The Labute approximate surface area is 164 Å². The van der Waals surface area contributed by atoms with Crippen LogP contribution in [0.25, 0.3) is 0 Å². The fourth-order valence-electron chi connectivity index (χ4n) is 2.58. The molecule has 0 amide bonds. The maximum absolute atomic E-state index is 12.3. The van der Waals surface area contributed by atoms with Crippen LogP contribution in [0.3, 0.4) is 0 Å². The van der Waals surface area contributed by atoms with Gasteiger partial charge in [0.15, 0.2) is 5.92 Å². The van der Waals surface area contributed by atoms with E-state index in [0.29, 0.717) is 11.1 Å². The molecular weight excluding hydrogens is 386 g/mol. The second-order valence-electron chi connectivity index (χ2n) is 5.96. The summed E-state index contributed by atoms with van der Waals surface area (Å²) < 4.78 is 5.12. The van der Waals surface area contributed by atoms with Gasteiger partial charge in [-0.25, -0.2) is 4.79 Å². The molecule has 2 N–H and O–H groups in total. The molecule has 0 radical (unpaired) electrons. The summed E-state index contributed by atoms with van der Waals surface area (Å²) in [5, 5.41) is 21.9. The molecule has 2 aromatic rings. The molecule has 2 rings (SSSR count). The van der Waals surface area contributed by atoms with Gasteiger partial charge in [-0.3, -0.25) is 25.0 Å². The summed E-state index contributed by atoms with van der Waals surface area (Å²) in [7, 11) is 0. The molecule has 0 aliphatic rings. The quantitative estimate of drug-likeness (QED) is 0.286. The summed E-state index contributed by atoms with van der Waals surface area (Å²) in [6.07, 6.45) is -0.0857. The maximum Gasteiger partial charge on any atom is 0.346 e. The first-order valence-electron chi connectivity index (χ1n) is 8.36. The van der Waals surface area contributed by atoms with Gasteiger partial charge in [0.1, 0.15) is 6.61 Å². The fourth-order valence-corrected chi connectivity index (χ4v) is 2.58. The molecular formula is C18H17N3O8. The molecule has 0 aromatic heterocycles. The number of benzene rings is 2. The number of aryl methyl sites for hydroxylation is 1. The molecule has 0 heterocycles. The number of hydrogen-bond acceptors (Lipinski definition) is 9. The summed E-state index contributed by atoms with van der Waals surface area (Å²) in [5.74, 6) is 1.66. The average molecular weight is 403 g/mol. The first-order valence-corrected chi connectivity index (χ1v) is 8.36. The summed E-state index contributed by atoms with van der Waals surface area (Å²) >= 11 is 0. The van der Waals surface area contributed by atoms with Gasteiger partial charge in [0.25, 0.3) is 0 Å². The van der Waals surface area contributed by atoms with Crippen molar-refractivity contribution in [2.45, 2.75) is 19.4 Å². The molecule has 0 aliphatic carbocycles. The minimum Gasteiger partial charge on any atom is -0.460 e. The highest BCUT2D eigenvalue weighted by molar-refractivity contribution is 5.94. The number of hydrogen-bond donors (Lipinski definition) is 1. The Morgan fingerprint density at radius 1 is 0.931 bits per heavy atom. The summed E-state index contributed by atoms with van der Waals surface area (Å²) in [5.41, 5.74) is -0.296. The van der Waals surface area contributed by atoms with E-state index in [1.807, 2.05) is 0 Å². The number of carbonyl (C=O) groups excluding carboxylic acids is 2. The van der Waals surface area contributed by atoms with Crippen LogP contribution in [0.5, 0.6) is 0 Å². The van der Waals surface area contributed by atoms with Crippen molar-refractivity contribution in [3.63, 3.8) is 0 Å². The number of nitrogens with two attached hydrogens (primary N) is 1. The zero-order chi connectivity index (χ0) is 21.4. The summed E-state index contributed by atoms with van der Waals surface area (Å²) in [6, 6.07) is 12.1. The molecule has 1 atom stereocenters. The van der Waals surface area contributed by atoms with Crippen LogP contribution in [0.1, 0.15) is 17.5 Å². The predicted molar refractivity (Wildman–Crippen MR) is 98.1 cm³/mol. The highest BCUT2D eigenvalue weighted by Crippen LogP contribution is 2.28. The van der Waals surface area contributed by atoms with Gasteiger partial charge in [-0.05, 0) is 24.0 Å². The van der Waals surface area contributed by atoms with E-state index in [0.717, 1.165) is 12.1 Å². The highest BCUT2D eigenvalue weighted by atomic mass is 16.7. The number of esters is 1. The molecule has 11 nitrogen and oxygen atoms in total. The van der Waals surface area contributed by atoms with E-state index >= 15 is 0 Å². The number of nitrogens with zero attached hydrogens (tertiary/aromatic N) is 2. The lowest BCUT2D eigenvalue weighted by molar-refractivity contribution is -0.422. The Morgan fingerprint density at radius 3 is 2.17 bits per heavy atom. The maximum atomic E-state index is 12.3. The lowest BCUT2D eigenvalue weighted by atomic mass is 9.99. The van der Waals surface area contributed by atoms with Crippen molar-refractivity contribution in [1.82, 2.24) is 0 Å². The van der Waals surface area contributed by atoms with Gasteiger partial charge in [-0.1, -0.05) is 36.4 Å². The Hall–Kier alpha value is -3.86. The smallest absolute Gasteiger partial charge is 0.346 e. The molecule has 0 aliphatic heterocycles. The molecule has 29 heavy (non-hydrogen) atoms. The van der Waals surface area contributed by atoms with Gasteiger partial charge in [-0.2, -0.15) is 5.90 Å². The van der Waals surface area contributed by atoms with Crippen molar-refractivity contribution in [3.05, 3.63) is 79.9 Å². The van der Waals surface area contributed by atoms with Crippen LogP contribution in [0.2, 0.25) is 0 Å². The molecule has 152 valence electrons. The normalized spacial score (nSPS) is 11.3. The lowest BCUT2D eigenvalue weighted by Gasteiger charge is -2.13. The number of carbonyl (C=O) groups is 2. The second kappa shape index (κ2) is 9.90. The Kier molecular flexibility index (Phi) is 7.32. The molecule has 0 unspecified atom stereocenters. The monoisotopic (exact) mass is 403 g/mol. The highest BCUT2D eigenvalue weighted by Gasteiger charge is 2.30. The van der Waals surface area contributed by atoms with Crippen molar-refractivity contribution in [2.75, 3.05) is 0 Å². The average Bonchev–Trinajstić information content (AvgIpc) is 2.72. The van der Waals surface area contributed by atoms with Crippen molar-refractivity contribution in [3.8, 4) is 0 Å². The van der Waals surface area contributed by atoms with Gasteiger partial charge in [0, 0.05) is 12.1 Å². The molecule has 0 saturated carbocycles. The van der Waals surface area contributed by atoms with E-state index in [4.69, 9.17) is 10.6 Å². The Morgan fingerprint density at radius 2 is 1.59 bits per heavy atom. The van der Waals surface area contributed by atoms with Crippen molar-refractivity contribution in [2.24, 2.45) is 11.8 Å². The SMILES string of the molecule is NOC(=O)[C@H](CCc1ccc([N+](=O)[O-])c([N+](=O)[O-])c1)C(=O)OCc1ccccc1. The third-order valence-corrected chi connectivity index (χ3v) is 4.06. The van der Waals surface area contributed by atoms with Crippen LogP contribution in [0, 0.1) is 26.1 Å². The second-order valence-corrected chi connectivity index (χ2v) is 5.96. The first-order chi connectivity index (χ1) is 13.8. The van der Waals surface area contributed by atoms with Crippen LogP contribution in [0.4, 0.5) is 11.4 Å². The minimum atomic E-state index is -1.35. The third-order valence-electron chi connectivity index (χ3n) is 4.06. The molecule has 0 fully saturated rings. The van der Waals surface area contributed by atoms with Gasteiger partial charge < -0.3 is 9.57 Å². The Balaban J connectivity index is 2.09. The molecule has 0 bridgehead atoms. The number of ether oxygens (including phenoxy) is 1. The largest absolute Gasteiger partial charge is 0.460 e. The van der Waals surface area contributed by atoms with E-state index in [1.54, 1.807) is 30.3 Å². The lowest BCUT2D eigenvalue weighted by Crippen LogP contribution is -2.30. The van der Waals surface area contributed by atoms with Gasteiger partial charge in [-0.15, -0.1) is 0 Å². The number of nitro groups is 2. The van der Waals surface area contributed by atoms with E-state index < -0.39 is 39.1 Å². The number of rotatable bonds is 9. The van der Waals surface area contributed by atoms with Crippen LogP contribution >= 0.6 is 0 Å². The standard InChI is InChI=1S/C18H17N3O8/c19-29-18(23)14(17(22)28-11-13-4-2-1-3-5-13)8-6-12-7-9-15(20(24)25)16(10-12)21(26)27/h1-5,7,9-10,14H,6,8,11,19H2/t14-/m1/s1. The van der Waals surface area contributed by atoms with Crippen molar-refractivity contribution >= 4 is 23.3 Å². The summed E-state index contributed by atoms with van der Waals surface area (Å²) in [4.78, 5) is 48.5. The minimum absolute atomic E-state index is 0.0268. The molecule has 2 aromatic carbocycles. The van der Waals surface area contributed by atoms with Gasteiger partial charge >= 0.3 is 23.3 Å². The first kappa shape index (κ1) is 21.4. The number of nitro benzene ring substituents is 2. The van der Waals surface area contributed by atoms with Gasteiger partial charge in [0.2, 0.25) is 0 Å².